The van der Waals surface area contributed by atoms with Crippen molar-refractivity contribution in [2.45, 2.75) is 26.8 Å². The Morgan fingerprint density at radius 3 is 2.72 bits per heavy atom. The summed E-state index contributed by atoms with van der Waals surface area (Å²) < 4.78 is 5.44. The maximum absolute atomic E-state index is 5.44. The Morgan fingerprint density at radius 1 is 1.32 bits per heavy atom. The molecule has 2 aliphatic heterocycles. The molecule has 0 saturated carbocycles. The zero-order chi connectivity index (χ0) is 16.9. The standard InChI is InChI=1S/C17H29N5OS.HI/c1-13-14(2)24-16(20-13)10-19-17(18-3)22-5-4-15(12-22)11-21-6-8-23-9-7-21;/h15H,4-12H2,1-3H3,(H,18,19);1H. The lowest BCUT2D eigenvalue weighted by Gasteiger charge is -2.29. The summed E-state index contributed by atoms with van der Waals surface area (Å²) in [6.45, 7) is 12.2. The Balaban J connectivity index is 0.00000225. The number of rotatable bonds is 4. The zero-order valence-corrected chi connectivity index (χ0v) is 18.6. The van der Waals surface area contributed by atoms with E-state index in [1.54, 1.807) is 11.3 Å². The first-order chi connectivity index (χ1) is 11.7. The topological polar surface area (TPSA) is 53.0 Å². The van der Waals surface area contributed by atoms with Crippen molar-refractivity contribution >= 4 is 41.3 Å². The highest BCUT2D eigenvalue weighted by atomic mass is 127. The third-order valence-corrected chi connectivity index (χ3v) is 5.96. The van der Waals surface area contributed by atoms with Gasteiger partial charge >= 0.3 is 0 Å². The first-order valence-electron chi connectivity index (χ1n) is 8.84. The number of aryl methyl sites for hydroxylation is 2. The summed E-state index contributed by atoms with van der Waals surface area (Å²) in [6, 6.07) is 0. The van der Waals surface area contributed by atoms with Crippen LogP contribution in [0.5, 0.6) is 0 Å². The fourth-order valence-electron chi connectivity index (χ4n) is 3.42. The van der Waals surface area contributed by atoms with Crippen LogP contribution in [0.4, 0.5) is 0 Å². The molecule has 0 bridgehead atoms. The zero-order valence-electron chi connectivity index (χ0n) is 15.5. The molecule has 1 unspecified atom stereocenters. The van der Waals surface area contributed by atoms with Gasteiger partial charge in [-0.1, -0.05) is 0 Å². The minimum absolute atomic E-state index is 0. The molecule has 0 amide bonds. The van der Waals surface area contributed by atoms with Crippen molar-refractivity contribution in [1.29, 1.82) is 0 Å². The second kappa shape index (κ2) is 10.0. The molecule has 8 heteroatoms. The maximum atomic E-state index is 5.44. The molecule has 2 saturated heterocycles. The van der Waals surface area contributed by atoms with E-state index in [1.165, 1.54) is 17.8 Å². The van der Waals surface area contributed by atoms with E-state index in [2.05, 4.69) is 38.9 Å². The molecule has 0 spiro atoms. The molecule has 0 aliphatic carbocycles. The normalized spacial score (nSPS) is 22.1. The van der Waals surface area contributed by atoms with Crippen molar-refractivity contribution in [2.75, 3.05) is 53.0 Å². The monoisotopic (exact) mass is 479 g/mol. The van der Waals surface area contributed by atoms with Crippen LogP contribution in [-0.2, 0) is 11.3 Å². The summed E-state index contributed by atoms with van der Waals surface area (Å²) in [7, 11) is 1.87. The number of hydrogen-bond donors (Lipinski definition) is 1. The highest BCUT2D eigenvalue weighted by Crippen LogP contribution is 2.19. The van der Waals surface area contributed by atoms with Gasteiger partial charge in [-0.3, -0.25) is 9.89 Å². The number of aliphatic imine (C=N–C) groups is 1. The van der Waals surface area contributed by atoms with E-state index in [0.717, 1.165) is 68.5 Å². The number of nitrogens with zero attached hydrogens (tertiary/aromatic N) is 4. The number of ether oxygens (including phenoxy) is 1. The number of hydrogen-bond acceptors (Lipinski definition) is 5. The number of thiazole rings is 1. The van der Waals surface area contributed by atoms with Crippen LogP contribution in [0.3, 0.4) is 0 Å². The molecule has 1 N–H and O–H groups in total. The van der Waals surface area contributed by atoms with Crippen molar-refractivity contribution in [3.63, 3.8) is 0 Å². The highest BCUT2D eigenvalue weighted by molar-refractivity contribution is 14.0. The quantitative estimate of drug-likeness (QED) is 0.408. The first-order valence-corrected chi connectivity index (χ1v) is 9.66. The number of likely N-dealkylation sites (tertiary alicyclic amines) is 1. The third kappa shape index (κ3) is 5.77. The summed E-state index contributed by atoms with van der Waals surface area (Å²) in [4.78, 5) is 15.3. The Kier molecular flexibility index (Phi) is 8.37. The predicted molar refractivity (Wildman–Crippen MR) is 114 cm³/mol. The molecule has 3 heterocycles. The average molecular weight is 479 g/mol. The van der Waals surface area contributed by atoms with Crippen LogP contribution in [0.1, 0.15) is 22.0 Å². The summed E-state index contributed by atoms with van der Waals surface area (Å²) >= 11 is 1.77. The van der Waals surface area contributed by atoms with Crippen molar-refractivity contribution in [3.05, 3.63) is 15.6 Å². The number of guanidine groups is 1. The summed E-state index contributed by atoms with van der Waals surface area (Å²) in [5.41, 5.74) is 1.14. The number of halogens is 1. The van der Waals surface area contributed by atoms with Gasteiger partial charge in [-0.2, -0.15) is 0 Å². The van der Waals surface area contributed by atoms with Crippen LogP contribution in [0.15, 0.2) is 4.99 Å². The van der Waals surface area contributed by atoms with E-state index < -0.39 is 0 Å². The van der Waals surface area contributed by atoms with Gasteiger partial charge in [0.2, 0.25) is 0 Å². The van der Waals surface area contributed by atoms with Gasteiger partial charge in [0.1, 0.15) is 5.01 Å². The van der Waals surface area contributed by atoms with Crippen molar-refractivity contribution < 1.29 is 4.74 Å². The lowest BCUT2D eigenvalue weighted by atomic mass is 10.1. The van der Waals surface area contributed by atoms with Crippen LogP contribution < -0.4 is 5.32 Å². The van der Waals surface area contributed by atoms with Gasteiger partial charge in [0.25, 0.3) is 0 Å². The largest absolute Gasteiger partial charge is 0.379 e. The Bertz CT molecular complexity index is 554. The Labute approximate surface area is 172 Å². The van der Waals surface area contributed by atoms with Crippen LogP contribution in [0.2, 0.25) is 0 Å². The van der Waals surface area contributed by atoms with E-state index in [-0.39, 0.29) is 24.0 Å². The van der Waals surface area contributed by atoms with Crippen molar-refractivity contribution in [2.24, 2.45) is 10.9 Å². The smallest absolute Gasteiger partial charge is 0.194 e. The minimum atomic E-state index is 0. The Hall–Kier alpha value is -0.450. The lowest BCUT2D eigenvalue weighted by Crippen LogP contribution is -2.42. The summed E-state index contributed by atoms with van der Waals surface area (Å²) in [6.07, 6.45) is 1.24. The molecule has 0 aromatic carbocycles. The molecule has 3 rings (SSSR count). The molecule has 25 heavy (non-hydrogen) atoms. The molecule has 1 aromatic rings. The van der Waals surface area contributed by atoms with Gasteiger partial charge in [-0.05, 0) is 26.2 Å². The molecule has 1 aromatic heterocycles. The second-order valence-corrected chi connectivity index (χ2v) is 7.95. The molecular formula is C17H30IN5OS. The lowest BCUT2D eigenvalue weighted by molar-refractivity contribution is 0.0315. The molecule has 142 valence electrons. The molecule has 2 aliphatic rings. The van der Waals surface area contributed by atoms with E-state index in [0.29, 0.717) is 0 Å². The Morgan fingerprint density at radius 2 is 2.08 bits per heavy atom. The second-order valence-electron chi connectivity index (χ2n) is 6.66. The number of morpholine rings is 1. The minimum Gasteiger partial charge on any atom is -0.379 e. The molecule has 0 radical (unpaired) electrons. The van der Waals surface area contributed by atoms with Gasteiger partial charge < -0.3 is 15.0 Å². The molecule has 6 nitrogen and oxygen atoms in total. The van der Waals surface area contributed by atoms with Gasteiger partial charge in [-0.25, -0.2) is 4.98 Å². The number of nitrogens with one attached hydrogen (secondary N) is 1. The van der Waals surface area contributed by atoms with Crippen molar-refractivity contribution in [3.8, 4) is 0 Å². The summed E-state index contributed by atoms with van der Waals surface area (Å²) in [5, 5.41) is 4.62. The van der Waals surface area contributed by atoms with E-state index in [9.17, 15) is 0 Å². The molecular weight excluding hydrogens is 449 g/mol. The van der Waals surface area contributed by atoms with Crippen LogP contribution in [0.25, 0.3) is 0 Å². The van der Waals surface area contributed by atoms with E-state index in [4.69, 9.17) is 4.74 Å². The van der Waals surface area contributed by atoms with E-state index >= 15 is 0 Å². The van der Waals surface area contributed by atoms with Gasteiger partial charge in [-0.15, -0.1) is 35.3 Å². The van der Waals surface area contributed by atoms with E-state index in [1.807, 2.05) is 7.05 Å². The molecule has 2 fully saturated rings. The van der Waals surface area contributed by atoms with Gasteiger partial charge in [0.05, 0.1) is 25.5 Å². The van der Waals surface area contributed by atoms with Crippen molar-refractivity contribution in [1.82, 2.24) is 20.1 Å². The highest BCUT2D eigenvalue weighted by Gasteiger charge is 2.27. The van der Waals surface area contributed by atoms with Gasteiger partial charge in [0.15, 0.2) is 5.96 Å². The molecule has 1 atom stereocenters. The fourth-order valence-corrected chi connectivity index (χ4v) is 4.30. The SMILES string of the molecule is CN=C(NCc1nc(C)c(C)s1)N1CCC(CN2CCOCC2)C1.I. The average Bonchev–Trinajstić information content (AvgIpc) is 3.16. The van der Waals surface area contributed by atoms with Crippen LogP contribution in [0, 0.1) is 19.8 Å². The first kappa shape index (κ1) is 20.9. The van der Waals surface area contributed by atoms with Crippen LogP contribution in [-0.4, -0.2) is 73.7 Å². The fraction of sp³-hybridized carbons (Fsp3) is 0.765. The van der Waals surface area contributed by atoms with Gasteiger partial charge in [0, 0.05) is 44.6 Å². The maximum Gasteiger partial charge on any atom is 0.194 e. The predicted octanol–water partition coefficient (Wildman–Crippen LogP) is 2.11. The van der Waals surface area contributed by atoms with Crippen LogP contribution >= 0.6 is 35.3 Å². The number of aromatic nitrogens is 1. The third-order valence-electron chi connectivity index (χ3n) is 4.89. The summed E-state index contributed by atoms with van der Waals surface area (Å²) in [5.74, 6) is 1.73.